The van der Waals surface area contributed by atoms with Crippen LogP contribution in [0.4, 0.5) is 10.7 Å². The third kappa shape index (κ3) is 1.50. The summed E-state index contributed by atoms with van der Waals surface area (Å²) in [6.45, 7) is 1.92. The van der Waals surface area contributed by atoms with Crippen molar-refractivity contribution in [3.63, 3.8) is 0 Å². The van der Waals surface area contributed by atoms with E-state index in [9.17, 15) is 0 Å². The van der Waals surface area contributed by atoms with Gasteiger partial charge in [-0.15, -0.1) is 23.7 Å². The second-order valence-corrected chi connectivity index (χ2v) is 2.59. The highest BCUT2D eigenvalue weighted by atomic mass is 35.5. The molecule has 1 aromatic heterocycles. The maximum atomic E-state index is 5.48. The minimum absolute atomic E-state index is 0. The molecule has 2 nitrogen and oxygen atoms in total. The monoisotopic (exact) mass is 164 g/mol. The molecule has 0 radical (unpaired) electrons. The zero-order valence-corrected chi connectivity index (χ0v) is 6.68. The fourth-order valence-electron chi connectivity index (χ4n) is 0.446. The first-order chi connectivity index (χ1) is 3.72. The molecule has 0 atom stereocenters. The van der Waals surface area contributed by atoms with E-state index in [2.05, 4.69) is 0 Å². The molecule has 0 fully saturated rings. The fourth-order valence-corrected chi connectivity index (χ4v) is 1.17. The van der Waals surface area contributed by atoms with E-state index in [0.29, 0.717) is 0 Å². The summed E-state index contributed by atoms with van der Waals surface area (Å²) in [7, 11) is 0. The van der Waals surface area contributed by atoms with Gasteiger partial charge in [-0.05, 0) is 6.92 Å². The molecule has 4 heteroatoms. The summed E-state index contributed by atoms with van der Waals surface area (Å²) in [5, 5.41) is 2.67. The molecule has 9 heavy (non-hydrogen) atoms. The van der Waals surface area contributed by atoms with E-state index in [0.717, 1.165) is 16.3 Å². The van der Waals surface area contributed by atoms with Crippen LogP contribution in [0.3, 0.4) is 0 Å². The molecule has 0 bridgehead atoms. The summed E-state index contributed by atoms with van der Waals surface area (Å²) < 4.78 is 0. The quantitative estimate of drug-likeness (QED) is 0.613. The molecule has 1 aromatic rings. The van der Waals surface area contributed by atoms with Crippen LogP contribution in [0.25, 0.3) is 0 Å². The lowest BCUT2D eigenvalue weighted by atomic mass is 10.3. The number of nitrogens with two attached hydrogens (primary N) is 2. The summed E-state index contributed by atoms with van der Waals surface area (Å²) in [6.07, 6.45) is 0. The van der Waals surface area contributed by atoms with Gasteiger partial charge in [-0.2, -0.15) is 0 Å². The van der Waals surface area contributed by atoms with Crippen LogP contribution in [0, 0.1) is 6.92 Å². The molecular formula is C5H9ClN2S. The Kier molecular flexibility index (Phi) is 2.81. The van der Waals surface area contributed by atoms with Gasteiger partial charge in [0.05, 0.1) is 5.00 Å². The van der Waals surface area contributed by atoms with Gasteiger partial charge < -0.3 is 11.5 Å². The smallest absolute Gasteiger partial charge is 0.0907 e. The largest absolute Gasteiger partial charge is 0.398 e. The minimum Gasteiger partial charge on any atom is -0.398 e. The molecule has 0 amide bonds. The predicted octanol–water partition coefficient (Wildman–Crippen LogP) is 1.64. The lowest BCUT2D eigenvalue weighted by Gasteiger charge is -1.87. The van der Waals surface area contributed by atoms with Crippen molar-refractivity contribution in [3.05, 3.63) is 10.9 Å². The Balaban J connectivity index is 0.000000640. The highest BCUT2D eigenvalue weighted by molar-refractivity contribution is 7.14. The molecule has 1 rings (SSSR count). The molecule has 1 heterocycles. The molecular weight excluding hydrogens is 156 g/mol. The second-order valence-electron chi connectivity index (χ2n) is 1.68. The van der Waals surface area contributed by atoms with E-state index in [1.165, 1.54) is 11.3 Å². The Morgan fingerprint density at radius 2 is 2.00 bits per heavy atom. The Morgan fingerprint density at radius 3 is 2.11 bits per heavy atom. The van der Waals surface area contributed by atoms with Crippen molar-refractivity contribution in [2.45, 2.75) is 6.92 Å². The number of halogens is 1. The van der Waals surface area contributed by atoms with Crippen molar-refractivity contribution in [2.75, 3.05) is 11.5 Å². The van der Waals surface area contributed by atoms with E-state index in [4.69, 9.17) is 11.5 Å². The van der Waals surface area contributed by atoms with E-state index in [1.54, 1.807) is 0 Å². The first-order valence-electron chi connectivity index (χ1n) is 2.31. The summed E-state index contributed by atoms with van der Waals surface area (Å²) in [5.41, 5.74) is 12.8. The first-order valence-corrected chi connectivity index (χ1v) is 3.19. The molecule has 0 aromatic carbocycles. The van der Waals surface area contributed by atoms with E-state index in [-0.39, 0.29) is 12.4 Å². The molecule has 52 valence electrons. The van der Waals surface area contributed by atoms with Crippen LogP contribution in [-0.2, 0) is 0 Å². The molecule has 0 aliphatic heterocycles. The predicted molar refractivity (Wildman–Crippen MR) is 45.1 cm³/mol. The molecule has 0 aliphatic rings. The molecule has 0 saturated carbocycles. The van der Waals surface area contributed by atoms with E-state index < -0.39 is 0 Å². The number of hydrogen-bond donors (Lipinski definition) is 2. The number of anilines is 2. The fraction of sp³-hybridized carbons (Fsp3) is 0.200. The van der Waals surface area contributed by atoms with Gasteiger partial charge in [0.15, 0.2) is 0 Å². The Morgan fingerprint density at radius 1 is 1.44 bits per heavy atom. The van der Waals surface area contributed by atoms with Crippen molar-refractivity contribution >= 4 is 34.4 Å². The normalized spacial score (nSPS) is 8.56. The van der Waals surface area contributed by atoms with Crippen LogP contribution in [0.1, 0.15) is 5.56 Å². The molecule has 4 N–H and O–H groups in total. The van der Waals surface area contributed by atoms with E-state index in [1.807, 2.05) is 12.3 Å². The molecule has 0 saturated heterocycles. The summed E-state index contributed by atoms with van der Waals surface area (Å²) in [4.78, 5) is 0. The molecule has 0 aliphatic carbocycles. The van der Waals surface area contributed by atoms with Crippen LogP contribution in [0.2, 0.25) is 0 Å². The van der Waals surface area contributed by atoms with Gasteiger partial charge in [0.2, 0.25) is 0 Å². The van der Waals surface area contributed by atoms with Crippen LogP contribution >= 0.6 is 23.7 Å². The third-order valence-electron chi connectivity index (χ3n) is 1.12. The number of hydrogen-bond acceptors (Lipinski definition) is 3. The Labute approximate surface area is 64.3 Å². The van der Waals surface area contributed by atoms with Gasteiger partial charge >= 0.3 is 0 Å². The lowest BCUT2D eigenvalue weighted by Crippen LogP contribution is -1.86. The third-order valence-corrected chi connectivity index (χ3v) is 2.05. The van der Waals surface area contributed by atoms with Crippen molar-refractivity contribution in [2.24, 2.45) is 0 Å². The standard InChI is InChI=1S/C5H8N2S.ClH/c1-3-4(6)2-8-5(3)7;/h2H,6-7H2,1H3;1H. The van der Waals surface area contributed by atoms with Crippen LogP contribution in [0.5, 0.6) is 0 Å². The Hall–Kier alpha value is -0.410. The molecule has 0 unspecified atom stereocenters. The van der Waals surface area contributed by atoms with E-state index >= 15 is 0 Å². The maximum absolute atomic E-state index is 5.48. The van der Waals surface area contributed by atoms with Crippen LogP contribution in [-0.4, -0.2) is 0 Å². The summed E-state index contributed by atoms with van der Waals surface area (Å²) in [5.74, 6) is 0. The van der Waals surface area contributed by atoms with Crippen molar-refractivity contribution in [3.8, 4) is 0 Å². The van der Waals surface area contributed by atoms with Gasteiger partial charge in [0.1, 0.15) is 0 Å². The van der Waals surface area contributed by atoms with Crippen molar-refractivity contribution in [1.29, 1.82) is 0 Å². The van der Waals surface area contributed by atoms with Gasteiger partial charge in [0.25, 0.3) is 0 Å². The van der Waals surface area contributed by atoms with Crippen LogP contribution < -0.4 is 11.5 Å². The highest BCUT2D eigenvalue weighted by Gasteiger charge is 1.97. The number of thiophene rings is 1. The second kappa shape index (κ2) is 2.94. The number of rotatable bonds is 0. The maximum Gasteiger partial charge on any atom is 0.0907 e. The van der Waals surface area contributed by atoms with Gasteiger partial charge in [0, 0.05) is 16.6 Å². The zero-order valence-electron chi connectivity index (χ0n) is 5.05. The Bertz CT molecular complexity index is 177. The minimum atomic E-state index is 0. The summed E-state index contributed by atoms with van der Waals surface area (Å²) >= 11 is 1.48. The summed E-state index contributed by atoms with van der Waals surface area (Å²) in [6, 6.07) is 0. The van der Waals surface area contributed by atoms with Gasteiger partial charge in [-0.3, -0.25) is 0 Å². The van der Waals surface area contributed by atoms with Crippen molar-refractivity contribution in [1.82, 2.24) is 0 Å². The average Bonchev–Trinajstić information content (AvgIpc) is 1.98. The average molecular weight is 165 g/mol. The topological polar surface area (TPSA) is 52.0 Å². The van der Waals surface area contributed by atoms with Gasteiger partial charge in [-0.25, -0.2) is 0 Å². The zero-order chi connectivity index (χ0) is 6.15. The van der Waals surface area contributed by atoms with Gasteiger partial charge in [-0.1, -0.05) is 0 Å². The lowest BCUT2D eigenvalue weighted by molar-refractivity contribution is 1.55. The number of nitrogen functional groups attached to an aromatic ring is 2. The SMILES string of the molecule is Cc1c(N)csc1N.Cl. The first kappa shape index (κ1) is 8.59. The van der Waals surface area contributed by atoms with Crippen molar-refractivity contribution < 1.29 is 0 Å². The highest BCUT2D eigenvalue weighted by Crippen LogP contribution is 2.24. The molecule has 0 spiro atoms. The van der Waals surface area contributed by atoms with Crippen LogP contribution in [0.15, 0.2) is 5.38 Å².